The van der Waals surface area contributed by atoms with Crippen LogP contribution in [0.25, 0.3) is 11.6 Å². The van der Waals surface area contributed by atoms with Crippen LogP contribution in [0, 0.1) is 0 Å². The fourth-order valence-corrected chi connectivity index (χ4v) is 5.49. The van der Waals surface area contributed by atoms with Crippen LogP contribution >= 0.6 is 0 Å². The molecule has 0 radical (unpaired) electrons. The summed E-state index contributed by atoms with van der Waals surface area (Å²) < 4.78 is 13.4. The molecule has 1 aliphatic heterocycles. The fourth-order valence-electron chi connectivity index (χ4n) is 5.49. The Labute approximate surface area is 220 Å². The first-order valence-electron chi connectivity index (χ1n) is 13.7. The second-order valence-electron chi connectivity index (χ2n) is 10.2. The molecule has 0 N–H and O–H groups in total. The van der Waals surface area contributed by atoms with E-state index in [1.807, 2.05) is 28.8 Å². The molecule has 2 heterocycles. The van der Waals surface area contributed by atoms with Crippen molar-refractivity contribution in [3.63, 3.8) is 0 Å². The summed E-state index contributed by atoms with van der Waals surface area (Å²) in [4.78, 5) is 15.5. The summed E-state index contributed by atoms with van der Waals surface area (Å²) in [7, 11) is 1.71. The average Bonchev–Trinajstić information content (AvgIpc) is 3.31. The average molecular weight is 499 g/mol. The van der Waals surface area contributed by atoms with Crippen molar-refractivity contribution in [1.82, 2.24) is 9.47 Å². The van der Waals surface area contributed by atoms with Crippen LogP contribution in [0.3, 0.4) is 0 Å². The molecule has 0 atom stereocenters. The lowest BCUT2D eigenvalue weighted by molar-refractivity contribution is 0.214. The number of aromatic nitrogens is 1. The van der Waals surface area contributed by atoms with Crippen molar-refractivity contribution in [2.24, 2.45) is 0 Å². The predicted octanol–water partition coefficient (Wildman–Crippen LogP) is 6.04. The zero-order valence-electron chi connectivity index (χ0n) is 22.0. The fraction of sp³-hybridized carbons (Fsp3) is 0.406. The van der Waals surface area contributed by atoms with Gasteiger partial charge in [0.05, 0.1) is 13.7 Å². The van der Waals surface area contributed by atoms with Crippen LogP contribution in [0.15, 0.2) is 65.5 Å². The Kier molecular flexibility index (Phi) is 8.42. The summed E-state index contributed by atoms with van der Waals surface area (Å²) in [6.07, 6.45) is 10.5. The molecule has 5 rings (SSSR count). The molecule has 0 bridgehead atoms. The lowest BCUT2D eigenvalue weighted by atomic mass is 10.0. The number of benzene rings is 2. The van der Waals surface area contributed by atoms with Crippen LogP contribution in [0.2, 0.25) is 0 Å². The number of hydrogen-bond donors (Lipinski definition) is 0. The second kappa shape index (κ2) is 12.3. The molecule has 2 aliphatic rings. The van der Waals surface area contributed by atoms with Gasteiger partial charge in [-0.2, -0.15) is 0 Å². The SMILES string of the molecule is COc1ccc2c(c1)CCCC(c1cccc(=O)n1Cc1ccc(OCCN3CCCCCC3)cc1)=C2. The van der Waals surface area contributed by atoms with E-state index < -0.39 is 0 Å². The molecule has 2 aromatic carbocycles. The molecule has 0 spiro atoms. The van der Waals surface area contributed by atoms with Gasteiger partial charge in [-0.25, -0.2) is 0 Å². The van der Waals surface area contributed by atoms with Gasteiger partial charge in [-0.15, -0.1) is 0 Å². The monoisotopic (exact) mass is 498 g/mol. The highest BCUT2D eigenvalue weighted by Gasteiger charge is 2.15. The summed E-state index contributed by atoms with van der Waals surface area (Å²) in [5.74, 6) is 1.78. The molecule has 0 amide bonds. The minimum absolute atomic E-state index is 0.0235. The van der Waals surface area contributed by atoms with E-state index in [4.69, 9.17) is 9.47 Å². The molecular weight excluding hydrogens is 460 g/mol. The van der Waals surface area contributed by atoms with Gasteiger partial charge in [0.15, 0.2) is 0 Å². The highest BCUT2D eigenvalue weighted by molar-refractivity contribution is 5.82. The van der Waals surface area contributed by atoms with Gasteiger partial charge in [-0.05, 0) is 104 Å². The zero-order valence-corrected chi connectivity index (χ0v) is 22.0. The quantitative estimate of drug-likeness (QED) is 0.380. The largest absolute Gasteiger partial charge is 0.497 e. The molecule has 0 unspecified atom stereocenters. The van der Waals surface area contributed by atoms with Crippen molar-refractivity contribution in [2.45, 2.75) is 51.5 Å². The Bertz CT molecular complexity index is 1270. The van der Waals surface area contributed by atoms with Gasteiger partial charge in [-0.1, -0.05) is 37.1 Å². The van der Waals surface area contributed by atoms with Gasteiger partial charge in [0, 0.05) is 18.3 Å². The second-order valence-corrected chi connectivity index (χ2v) is 10.2. The standard InChI is InChI=1S/C32H38N2O3/c1-36-30-17-14-27-22-28(9-6-8-26(27)23-30)31-10-7-11-32(35)34(31)24-25-12-15-29(16-13-25)37-21-20-33-18-4-2-3-5-19-33/h7,10-17,22-23H,2-6,8-9,18-21,24H2,1H3. The van der Waals surface area contributed by atoms with E-state index in [2.05, 4.69) is 41.3 Å². The van der Waals surface area contributed by atoms with Gasteiger partial charge in [0.2, 0.25) is 0 Å². The van der Waals surface area contributed by atoms with Gasteiger partial charge in [0.1, 0.15) is 18.1 Å². The van der Waals surface area contributed by atoms with E-state index in [-0.39, 0.29) is 5.56 Å². The van der Waals surface area contributed by atoms with Crippen LogP contribution in [0.4, 0.5) is 0 Å². The molecule has 1 fully saturated rings. The van der Waals surface area contributed by atoms with Crippen molar-refractivity contribution >= 4 is 11.6 Å². The van der Waals surface area contributed by atoms with Crippen molar-refractivity contribution in [3.8, 4) is 11.5 Å². The lowest BCUT2D eigenvalue weighted by Gasteiger charge is -2.19. The Morgan fingerprint density at radius 3 is 2.41 bits per heavy atom. The number of rotatable bonds is 8. The van der Waals surface area contributed by atoms with Crippen LogP contribution < -0.4 is 15.0 Å². The molecule has 1 aromatic heterocycles. The van der Waals surface area contributed by atoms with Crippen molar-refractivity contribution in [1.29, 1.82) is 0 Å². The Morgan fingerprint density at radius 2 is 1.62 bits per heavy atom. The highest BCUT2D eigenvalue weighted by Crippen LogP contribution is 2.31. The van der Waals surface area contributed by atoms with E-state index >= 15 is 0 Å². The molecular formula is C32H38N2O3. The summed E-state index contributed by atoms with van der Waals surface area (Å²) in [6, 6.07) is 20.1. The number of fused-ring (bicyclic) bond motifs is 1. The molecule has 5 heteroatoms. The van der Waals surface area contributed by atoms with Crippen molar-refractivity contribution in [3.05, 3.63) is 93.4 Å². The minimum atomic E-state index is 0.0235. The summed E-state index contributed by atoms with van der Waals surface area (Å²) in [6.45, 7) is 4.61. The number of aryl methyl sites for hydroxylation is 1. The van der Waals surface area contributed by atoms with Crippen molar-refractivity contribution < 1.29 is 9.47 Å². The lowest BCUT2D eigenvalue weighted by Crippen LogP contribution is -2.29. The van der Waals surface area contributed by atoms with Crippen LogP contribution in [-0.2, 0) is 13.0 Å². The molecule has 1 aliphatic carbocycles. The third kappa shape index (κ3) is 6.53. The third-order valence-corrected chi connectivity index (χ3v) is 7.59. The topological polar surface area (TPSA) is 43.7 Å². The summed E-state index contributed by atoms with van der Waals surface area (Å²) in [5, 5.41) is 0. The Morgan fingerprint density at radius 1 is 0.838 bits per heavy atom. The van der Waals surface area contributed by atoms with Gasteiger partial charge >= 0.3 is 0 Å². The van der Waals surface area contributed by atoms with Gasteiger partial charge in [-0.3, -0.25) is 9.69 Å². The van der Waals surface area contributed by atoms with E-state index in [9.17, 15) is 4.79 Å². The first-order chi connectivity index (χ1) is 18.2. The smallest absolute Gasteiger partial charge is 0.251 e. The maximum atomic E-state index is 13.0. The molecule has 3 aromatic rings. The van der Waals surface area contributed by atoms with E-state index in [1.165, 1.54) is 55.5 Å². The number of hydrogen-bond acceptors (Lipinski definition) is 4. The van der Waals surface area contributed by atoms with E-state index in [0.29, 0.717) is 13.2 Å². The predicted molar refractivity (Wildman–Crippen MR) is 150 cm³/mol. The summed E-state index contributed by atoms with van der Waals surface area (Å²) >= 11 is 0. The minimum Gasteiger partial charge on any atom is -0.497 e. The third-order valence-electron chi connectivity index (χ3n) is 7.59. The van der Waals surface area contributed by atoms with Crippen LogP contribution in [-0.4, -0.2) is 42.8 Å². The number of methoxy groups -OCH3 is 1. The first kappa shape index (κ1) is 25.3. The zero-order chi connectivity index (χ0) is 25.5. The van der Waals surface area contributed by atoms with Gasteiger partial charge in [0.25, 0.3) is 5.56 Å². The van der Waals surface area contributed by atoms with E-state index in [1.54, 1.807) is 13.2 Å². The van der Waals surface area contributed by atoms with E-state index in [0.717, 1.165) is 48.6 Å². The number of ether oxygens (including phenoxy) is 2. The van der Waals surface area contributed by atoms with Crippen LogP contribution in [0.5, 0.6) is 11.5 Å². The molecule has 37 heavy (non-hydrogen) atoms. The number of pyridine rings is 1. The molecule has 0 saturated carbocycles. The maximum absolute atomic E-state index is 13.0. The number of likely N-dealkylation sites (tertiary alicyclic amines) is 1. The Balaban J connectivity index is 1.29. The van der Waals surface area contributed by atoms with Crippen LogP contribution in [0.1, 0.15) is 60.9 Å². The van der Waals surface area contributed by atoms with Crippen molar-refractivity contribution in [2.75, 3.05) is 33.4 Å². The maximum Gasteiger partial charge on any atom is 0.251 e. The molecule has 5 nitrogen and oxygen atoms in total. The number of allylic oxidation sites excluding steroid dienone is 1. The first-order valence-corrected chi connectivity index (χ1v) is 13.7. The number of nitrogens with zero attached hydrogens (tertiary/aromatic N) is 2. The molecule has 1 saturated heterocycles. The summed E-state index contributed by atoms with van der Waals surface area (Å²) in [5.41, 5.74) is 5.82. The Hall–Kier alpha value is -3.31. The van der Waals surface area contributed by atoms with Gasteiger partial charge < -0.3 is 14.0 Å². The highest BCUT2D eigenvalue weighted by atomic mass is 16.5. The molecule has 194 valence electrons. The normalized spacial score (nSPS) is 16.3.